The summed E-state index contributed by atoms with van der Waals surface area (Å²) >= 11 is 0. The molecule has 6 nitrogen and oxygen atoms in total. The summed E-state index contributed by atoms with van der Waals surface area (Å²) in [6, 6.07) is 5.83. The standard InChI is InChI=1S/C19H27N3O3/c1-15-6-7-17-16(13-15)22(19(24)14-25-17)11-4-5-18(23)20-8-12-21-9-2-3-10-21/h6-7,13H,2-5,8-12,14H2,1H3,(H,20,23). The third-order valence-corrected chi connectivity index (χ3v) is 4.79. The molecule has 1 aromatic carbocycles. The molecule has 1 fully saturated rings. The molecule has 2 heterocycles. The lowest BCUT2D eigenvalue weighted by atomic mass is 10.1. The molecule has 6 heteroatoms. The van der Waals surface area contributed by atoms with Crippen molar-refractivity contribution in [3.63, 3.8) is 0 Å². The Labute approximate surface area is 149 Å². The van der Waals surface area contributed by atoms with Crippen LogP contribution in [0.15, 0.2) is 18.2 Å². The second-order valence-corrected chi connectivity index (χ2v) is 6.81. The second kappa shape index (κ2) is 8.34. The zero-order valence-electron chi connectivity index (χ0n) is 14.9. The first-order chi connectivity index (χ1) is 12.1. The highest BCUT2D eigenvalue weighted by atomic mass is 16.5. The van der Waals surface area contributed by atoms with Crippen molar-refractivity contribution in [2.24, 2.45) is 0 Å². The van der Waals surface area contributed by atoms with Crippen LogP contribution in [0.25, 0.3) is 0 Å². The monoisotopic (exact) mass is 345 g/mol. The van der Waals surface area contributed by atoms with Crippen LogP contribution in [0.4, 0.5) is 5.69 Å². The fourth-order valence-electron chi connectivity index (χ4n) is 3.40. The van der Waals surface area contributed by atoms with Crippen LogP contribution in [0, 0.1) is 6.92 Å². The van der Waals surface area contributed by atoms with E-state index in [-0.39, 0.29) is 18.4 Å². The lowest BCUT2D eigenvalue weighted by Gasteiger charge is -2.29. The predicted molar refractivity (Wildman–Crippen MR) is 96.9 cm³/mol. The fraction of sp³-hybridized carbons (Fsp3) is 0.579. The number of carbonyl (C=O) groups excluding carboxylic acids is 2. The number of fused-ring (bicyclic) bond motifs is 1. The largest absolute Gasteiger partial charge is 0.482 e. The number of anilines is 1. The van der Waals surface area contributed by atoms with Crippen LogP contribution >= 0.6 is 0 Å². The maximum Gasteiger partial charge on any atom is 0.265 e. The summed E-state index contributed by atoms with van der Waals surface area (Å²) in [5.41, 5.74) is 1.90. The van der Waals surface area contributed by atoms with Crippen LogP contribution in [0.1, 0.15) is 31.2 Å². The summed E-state index contributed by atoms with van der Waals surface area (Å²) in [4.78, 5) is 28.3. The van der Waals surface area contributed by atoms with Gasteiger partial charge in [0.1, 0.15) is 5.75 Å². The van der Waals surface area contributed by atoms with Gasteiger partial charge < -0.3 is 19.9 Å². The molecular weight excluding hydrogens is 318 g/mol. The van der Waals surface area contributed by atoms with E-state index in [4.69, 9.17) is 4.74 Å². The molecule has 3 rings (SSSR count). The van der Waals surface area contributed by atoms with Gasteiger partial charge in [-0.3, -0.25) is 9.59 Å². The normalized spacial score (nSPS) is 17.3. The average Bonchev–Trinajstić information content (AvgIpc) is 3.10. The van der Waals surface area contributed by atoms with E-state index >= 15 is 0 Å². The Hall–Kier alpha value is -2.08. The zero-order valence-corrected chi connectivity index (χ0v) is 14.9. The number of hydrogen-bond acceptors (Lipinski definition) is 4. The summed E-state index contributed by atoms with van der Waals surface area (Å²) in [6.07, 6.45) is 3.62. The SMILES string of the molecule is Cc1ccc2c(c1)N(CCCC(=O)NCCN1CCCC1)C(=O)CO2. The quantitative estimate of drug-likeness (QED) is 0.817. The first-order valence-electron chi connectivity index (χ1n) is 9.16. The Bertz CT molecular complexity index is 626. The molecule has 2 aliphatic heterocycles. The molecule has 0 spiro atoms. The first-order valence-corrected chi connectivity index (χ1v) is 9.16. The van der Waals surface area contributed by atoms with Crippen LogP contribution in [-0.4, -0.2) is 56.0 Å². The average molecular weight is 345 g/mol. The van der Waals surface area contributed by atoms with E-state index < -0.39 is 0 Å². The van der Waals surface area contributed by atoms with Crippen molar-refractivity contribution in [2.75, 3.05) is 44.2 Å². The Morgan fingerprint density at radius 3 is 2.84 bits per heavy atom. The number of rotatable bonds is 7. The van der Waals surface area contributed by atoms with E-state index in [1.165, 1.54) is 12.8 Å². The predicted octanol–water partition coefficient (Wildman–Crippen LogP) is 1.71. The van der Waals surface area contributed by atoms with Crippen LogP contribution < -0.4 is 15.0 Å². The van der Waals surface area contributed by atoms with E-state index in [0.717, 1.165) is 36.6 Å². The van der Waals surface area contributed by atoms with Gasteiger partial charge in [-0.05, 0) is 57.0 Å². The molecule has 0 radical (unpaired) electrons. The molecular formula is C19H27N3O3. The number of carbonyl (C=O) groups is 2. The van der Waals surface area contributed by atoms with Crippen molar-refractivity contribution in [2.45, 2.75) is 32.6 Å². The molecule has 0 saturated carbocycles. The molecule has 1 N–H and O–H groups in total. The highest BCUT2D eigenvalue weighted by Crippen LogP contribution is 2.32. The van der Waals surface area contributed by atoms with Crippen LogP contribution in [0.5, 0.6) is 5.75 Å². The van der Waals surface area contributed by atoms with Gasteiger partial charge in [-0.15, -0.1) is 0 Å². The minimum Gasteiger partial charge on any atom is -0.482 e. The lowest BCUT2D eigenvalue weighted by molar-refractivity contribution is -0.122. The van der Waals surface area contributed by atoms with Gasteiger partial charge in [0.25, 0.3) is 5.91 Å². The Morgan fingerprint density at radius 1 is 1.24 bits per heavy atom. The number of likely N-dealkylation sites (tertiary alicyclic amines) is 1. The zero-order chi connectivity index (χ0) is 17.6. The van der Waals surface area contributed by atoms with Gasteiger partial charge in [-0.25, -0.2) is 0 Å². The molecule has 25 heavy (non-hydrogen) atoms. The van der Waals surface area contributed by atoms with Crippen molar-refractivity contribution in [1.29, 1.82) is 0 Å². The number of hydrogen-bond donors (Lipinski definition) is 1. The fourth-order valence-corrected chi connectivity index (χ4v) is 3.40. The molecule has 0 bridgehead atoms. The summed E-state index contributed by atoms with van der Waals surface area (Å²) in [5.74, 6) is 0.747. The Balaban J connectivity index is 1.43. The smallest absolute Gasteiger partial charge is 0.265 e. The number of amides is 2. The molecule has 2 amide bonds. The van der Waals surface area contributed by atoms with Crippen molar-refractivity contribution >= 4 is 17.5 Å². The molecule has 2 aliphatic rings. The van der Waals surface area contributed by atoms with Crippen LogP contribution in [0.3, 0.4) is 0 Å². The minimum absolute atomic E-state index is 0.0486. The maximum atomic E-state index is 12.2. The Kier molecular flexibility index (Phi) is 5.91. The Morgan fingerprint density at radius 2 is 2.04 bits per heavy atom. The van der Waals surface area contributed by atoms with Crippen molar-refractivity contribution in [1.82, 2.24) is 10.2 Å². The summed E-state index contributed by atoms with van der Waals surface area (Å²) in [6.45, 7) is 6.53. The van der Waals surface area contributed by atoms with E-state index in [1.54, 1.807) is 4.90 Å². The molecule has 0 unspecified atom stereocenters. The molecule has 1 aromatic rings. The van der Waals surface area contributed by atoms with Gasteiger partial charge >= 0.3 is 0 Å². The van der Waals surface area contributed by atoms with Crippen molar-refractivity contribution in [3.05, 3.63) is 23.8 Å². The third kappa shape index (κ3) is 4.72. The maximum absolute atomic E-state index is 12.2. The molecule has 0 atom stereocenters. The van der Waals surface area contributed by atoms with Gasteiger partial charge in [-0.2, -0.15) is 0 Å². The van der Waals surface area contributed by atoms with Crippen LogP contribution in [-0.2, 0) is 9.59 Å². The number of benzene rings is 1. The van der Waals surface area contributed by atoms with Gasteiger partial charge in [0.2, 0.25) is 5.91 Å². The van der Waals surface area contributed by atoms with E-state index in [1.807, 2.05) is 25.1 Å². The second-order valence-electron chi connectivity index (χ2n) is 6.81. The summed E-state index contributed by atoms with van der Waals surface area (Å²) in [5, 5.41) is 2.98. The van der Waals surface area contributed by atoms with Gasteiger partial charge in [0, 0.05) is 26.1 Å². The molecule has 136 valence electrons. The van der Waals surface area contributed by atoms with Crippen molar-refractivity contribution in [3.8, 4) is 5.75 Å². The number of aryl methyl sites for hydroxylation is 1. The van der Waals surface area contributed by atoms with Crippen molar-refractivity contribution < 1.29 is 14.3 Å². The molecule has 0 aromatic heterocycles. The summed E-state index contributed by atoms with van der Waals surface area (Å²) in [7, 11) is 0. The number of ether oxygens (including phenoxy) is 1. The third-order valence-electron chi connectivity index (χ3n) is 4.79. The minimum atomic E-state index is -0.0486. The lowest BCUT2D eigenvalue weighted by Crippen LogP contribution is -2.40. The topological polar surface area (TPSA) is 61.9 Å². The highest BCUT2D eigenvalue weighted by Gasteiger charge is 2.25. The van der Waals surface area contributed by atoms with Crippen LogP contribution in [0.2, 0.25) is 0 Å². The highest BCUT2D eigenvalue weighted by molar-refractivity contribution is 5.97. The van der Waals surface area contributed by atoms with Gasteiger partial charge in [0.15, 0.2) is 6.61 Å². The van der Waals surface area contributed by atoms with E-state index in [9.17, 15) is 9.59 Å². The van der Waals surface area contributed by atoms with E-state index in [2.05, 4.69) is 10.2 Å². The van der Waals surface area contributed by atoms with Gasteiger partial charge in [0.05, 0.1) is 5.69 Å². The molecule has 1 saturated heterocycles. The van der Waals surface area contributed by atoms with Gasteiger partial charge in [-0.1, -0.05) is 6.07 Å². The summed E-state index contributed by atoms with van der Waals surface area (Å²) < 4.78 is 5.48. The number of nitrogens with zero attached hydrogens (tertiary/aromatic N) is 2. The first kappa shape index (κ1) is 17.7. The van der Waals surface area contributed by atoms with E-state index in [0.29, 0.717) is 25.9 Å². The molecule has 0 aliphatic carbocycles. The number of nitrogens with one attached hydrogen (secondary N) is 1.